The van der Waals surface area contributed by atoms with Gasteiger partial charge >= 0.3 is 6.18 Å². The van der Waals surface area contributed by atoms with E-state index in [9.17, 15) is 18.0 Å². The van der Waals surface area contributed by atoms with Crippen LogP contribution in [0.15, 0.2) is 18.3 Å². The van der Waals surface area contributed by atoms with Gasteiger partial charge < -0.3 is 5.73 Å². The predicted molar refractivity (Wildman–Crippen MR) is 65.8 cm³/mol. The molecule has 0 aliphatic heterocycles. The average Bonchev–Trinajstić information content (AvgIpc) is 2.24. The van der Waals surface area contributed by atoms with Crippen LogP contribution >= 0.6 is 11.8 Å². The first kappa shape index (κ1) is 14.6. The van der Waals surface area contributed by atoms with Gasteiger partial charge in [0.05, 0.1) is 5.56 Å². The van der Waals surface area contributed by atoms with Gasteiger partial charge in [-0.25, -0.2) is 4.98 Å². The monoisotopic (exact) mass is 276 g/mol. The lowest BCUT2D eigenvalue weighted by Gasteiger charge is -2.09. The van der Waals surface area contributed by atoms with Crippen molar-refractivity contribution in [3.63, 3.8) is 0 Å². The van der Waals surface area contributed by atoms with Crippen molar-refractivity contribution in [1.82, 2.24) is 4.98 Å². The fraction of sp³-hybridized carbons (Fsp3) is 0.273. The Morgan fingerprint density at radius 1 is 1.56 bits per heavy atom. The molecule has 0 aliphatic rings. The smallest absolute Gasteiger partial charge is 0.383 e. The molecule has 18 heavy (non-hydrogen) atoms. The third kappa shape index (κ3) is 4.40. The molecular weight excluding hydrogens is 265 g/mol. The van der Waals surface area contributed by atoms with Gasteiger partial charge in [-0.05, 0) is 11.6 Å². The molecule has 0 amide bonds. The molecule has 0 unspecified atom stereocenters. The van der Waals surface area contributed by atoms with Crippen molar-refractivity contribution in [3.05, 3.63) is 29.5 Å². The van der Waals surface area contributed by atoms with Crippen molar-refractivity contribution in [3.8, 4) is 0 Å². The van der Waals surface area contributed by atoms with E-state index in [4.69, 9.17) is 5.73 Å². The highest BCUT2D eigenvalue weighted by Gasteiger charge is 2.33. The molecule has 3 nitrogen and oxygen atoms in total. The highest BCUT2D eigenvalue weighted by molar-refractivity contribution is 8.13. The normalized spacial score (nSPS) is 12.0. The van der Waals surface area contributed by atoms with Crippen LogP contribution in [-0.2, 0) is 11.0 Å². The Morgan fingerprint density at radius 3 is 2.78 bits per heavy atom. The van der Waals surface area contributed by atoms with E-state index in [2.05, 4.69) is 4.98 Å². The number of nitrogens with zero attached hydrogens (tertiary/aromatic N) is 1. The minimum Gasteiger partial charge on any atom is -0.383 e. The summed E-state index contributed by atoms with van der Waals surface area (Å²) in [4.78, 5) is 14.1. The molecule has 0 spiro atoms. The quantitative estimate of drug-likeness (QED) is 0.922. The SMILES string of the molecule is CC(=O)SCC=Cc1cnc(N)c(C(F)(F)F)c1. The molecule has 0 aromatic carbocycles. The van der Waals surface area contributed by atoms with E-state index in [1.165, 1.54) is 19.2 Å². The fourth-order valence-corrected chi connectivity index (χ4v) is 1.59. The summed E-state index contributed by atoms with van der Waals surface area (Å²) in [5.74, 6) is -0.140. The van der Waals surface area contributed by atoms with Crippen LogP contribution in [0.25, 0.3) is 6.08 Å². The first-order valence-corrected chi connectivity index (χ1v) is 5.92. The van der Waals surface area contributed by atoms with Gasteiger partial charge in [0.25, 0.3) is 0 Å². The molecule has 2 N–H and O–H groups in total. The second-order valence-corrected chi connectivity index (χ2v) is 4.60. The topological polar surface area (TPSA) is 56.0 Å². The van der Waals surface area contributed by atoms with Crippen molar-refractivity contribution in [2.75, 3.05) is 11.5 Å². The van der Waals surface area contributed by atoms with Gasteiger partial charge in [0, 0.05) is 18.9 Å². The van der Waals surface area contributed by atoms with Crippen LogP contribution < -0.4 is 5.73 Å². The number of carbonyl (C=O) groups is 1. The highest BCUT2D eigenvalue weighted by Crippen LogP contribution is 2.33. The number of halogens is 3. The number of thioether (sulfide) groups is 1. The van der Waals surface area contributed by atoms with E-state index in [0.29, 0.717) is 11.3 Å². The molecule has 0 bridgehead atoms. The molecule has 1 aromatic heterocycles. The van der Waals surface area contributed by atoms with Gasteiger partial charge in [-0.3, -0.25) is 4.79 Å². The van der Waals surface area contributed by atoms with Crippen molar-refractivity contribution >= 4 is 28.8 Å². The Morgan fingerprint density at radius 2 is 2.22 bits per heavy atom. The van der Waals surface area contributed by atoms with E-state index >= 15 is 0 Å². The number of hydrogen-bond acceptors (Lipinski definition) is 4. The Labute approximate surface area is 106 Å². The number of anilines is 1. The molecule has 98 valence electrons. The maximum absolute atomic E-state index is 12.5. The number of aromatic nitrogens is 1. The lowest BCUT2D eigenvalue weighted by molar-refractivity contribution is -0.137. The summed E-state index contributed by atoms with van der Waals surface area (Å²) < 4.78 is 37.6. The third-order valence-corrected chi connectivity index (χ3v) is 2.70. The second-order valence-electron chi connectivity index (χ2n) is 3.40. The number of carbonyl (C=O) groups excluding carboxylic acids is 1. The van der Waals surface area contributed by atoms with Gasteiger partial charge in [-0.15, -0.1) is 0 Å². The number of nitrogen functional groups attached to an aromatic ring is 1. The zero-order chi connectivity index (χ0) is 13.8. The van der Waals surface area contributed by atoms with Gasteiger partial charge in [0.15, 0.2) is 5.12 Å². The fourth-order valence-electron chi connectivity index (χ4n) is 1.16. The molecule has 0 radical (unpaired) electrons. The summed E-state index contributed by atoms with van der Waals surface area (Å²) in [6.07, 6.45) is -0.203. The zero-order valence-electron chi connectivity index (χ0n) is 9.49. The Balaban J connectivity index is 2.83. The van der Waals surface area contributed by atoms with E-state index < -0.39 is 17.6 Å². The van der Waals surface area contributed by atoms with Gasteiger partial charge in [-0.2, -0.15) is 13.2 Å². The van der Waals surface area contributed by atoms with E-state index in [1.54, 1.807) is 6.08 Å². The van der Waals surface area contributed by atoms with Crippen LogP contribution in [0.5, 0.6) is 0 Å². The van der Waals surface area contributed by atoms with Crippen LogP contribution in [0.1, 0.15) is 18.1 Å². The molecular formula is C11H11F3N2OS. The number of pyridine rings is 1. The maximum Gasteiger partial charge on any atom is 0.419 e. The van der Waals surface area contributed by atoms with Gasteiger partial charge in [0.2, 0.25) is 0 Å². The molecule has 7 heteroatoms. The highest BCUT2D eigenvalue weighted by atomic mass is 32.2. The van der Waals surface area contributed by atoms with E-state index in [0.717, 1.165) is 17.8 Å². The number of rotatable bonds is 3. The summed E-state index contributed by atoms with van der Waals surface area (Å²) >= 11 is 1.07. The summed E-state index contributed by atoms with van der Waals surface area (Å²) in [5.41, 5.74) is 4.50. The summed E-state index contributed by atoms with van der Waals surface area (Å²) in [6.45, 7) is 1.42. The van der Waals surface area contributed by atoms with Crippen LogP contribution in [0.4, 0.5) is 19.0 Å². The maximum atomic E-state index is 12.5. The molecule has 0 aliphatic carbocycles. The standard InChI is InChI=1S/C11H11F3N2OS/c1-7(17)18-4-2-3-8-5-9(11(12,13)14)10(15)16-6-8/h2-3,5-6H,4H2,1H3,(H2,15,16). The van der Waals surface area contributed by atoms with E-state index in [-0.39, 0.29) is 5.12 Å². The number of alkyl halides is 3. The largest absolute Gasteiger partial charge is 0.419 e. The molecule has 0 fully saturated rings. The number of hydrogen-bond donors (Lipinski definition) is 1. The lowest BCUT2D eigenvalue weighted by Crippen LogP contribution is -2.10. The molecule has 0 saturated heterocycles. The Kier molecular flexibility index (Phi) is 4.77. The molecule has 1 heterocycles. The van der Waals surface area contributed by atoms with Crippen molar-refractivity contribution < 1.29 is 18.0 Å². The number of nitrogens with two attached hydrogens (primary N) is 1. The zero-order valence-corrected chi connectivity index (χ0v) is 10.3. The van der Waals surface area contributed by atoms with Crippen LogP contribution in [-0.4, -0.2) is 15.9 Å². The summed E-state index contributed by atoms with van der Waals surface area (Å²) in [6, 6.07) is 0.928. The van der Waals surface area contributed by atoms with Crippen LogP contribution in [0.3, 0.4) is 0 Å². The first-order valence-electron chi connectivity index (χ1n) is 4.93. The van der Waals surface area contributed by atoms with Crippen molar-refractivity contribution in [2.24, 2.45) is 0 Å². The minimum atomic E-state index is -4.52. The third-order valence-electron chi connectivity index (χ3n) is 1.94. The van der Waals surface area contributed by atoms with Crippen LogP contribution in [0.2, 0.25) is 0 Å². The molecule has 1 aromatic rings. The van der Waals surface area contributed by atoms with Crippen molar-refractivity contribution in [1.29, 1.82) is 0 Å². The average molecular weight is 276 g/mol. The first-order chi connectivity index (χ1) is 8.30. The molecule has 0 atom stereocenters. The Hall–Kier alpha value is -1.50. The molecule has 0 saturated carbocycles. The summed E-state index contributed by atoms with van der Waals surface area (Å²) in [7, 11) is 0. The van der Waals surface area contributed by atoms with Gasteiger partial charge in [-0.1, -0.05) is 23.9 Å². The van der Waals surface area contributed by atoms with Gasteiger partial charge in [0.1, 0.15) is 5.82 Å². The second kappa shape index (κ2) is 5.90. The Bertz CT molecular complexity index is 472. The van der Waals surface area contributed by atoms with E-state index in [1.807, 2.05) is 0 Å². The summed E-state index contributed by atoms with van der Waals surface area (Å²) in [5, 5.41) is -0.0499. The van der Waals surface area contributed by atoms with Crippen LogP contribution in [0, 0.1) is 0 Å². The van der Waals surface area contributed by atoms with Crippen molar-refractivity contribution in [2.45, 2.75) is 13.1 Å². The lowest BCUT2D eigenvalue weighted by atomic mass is 10.1. The molecule has 1 rings (SSSR count). The minimum absolute atomic E-state index is 0.0499. The predicted octanol–water partition coefficient (Wildman–Crippen LogP) is 2.98.